The van der Waals surface area contributed by atoms with Gasteiger partial charge in [-0.1, -0.05) is 39.0 Å². The second kappa shape index (κ2) is 10.5. The molecule has 0 spiro atoms. The van der Waals surface area contributed by atoms with Crippen molar-refractivity contribution in [2.24, 2.45) is 16.6 Å². The van der Waals surface area contributed by atoms with Gasteiger partial charge in [0.05, 0.1) is 0 Å². The van der Waals surface area contributed by atoms with Crippen molar-refractivity contribution in [2.45, 2.75) is 58.3 Å². The van der Waals surface area contributed by atoms with Crippen LogP contribution >= 0.6 is 0 Å². The molecule has 1 aliphatic carbocycles. The molecule has 0 aromatic rings. The van der Waals surface area contributed by atoms with Crippen molar-refractivity contribution < 1.29 is 4.79 Å². The molecular weight excluding hydrogens is 252 g/mol. The van der Waals surface area contributed by atoms with Gasteiger partial charge in [0.25, 0.3) is 0 Å². The molecule has 0 aromatic heterocycles. The summed E-state index contributed by atoms with van der Waals surface area (Å²) in [6.07, 6.45) is 10.0. The van der Waals surface area contributed by atoms with Crippen LogP contribution in [0.3, 0.4) is 0 Å². The Labute approximate surface area is 122 Å². The van der Waals surface area contributed by atoms with E-state index in [1.165, 1.54) is 44.9 Å². The molecule has 1 rings (SSSR count). The zero-order chi connectivity index (χ0) is 14.6. The maximum atomic E-state index is 11.5. The molecule has 5 heteroatoms. The summed E-state index contributed by atoms with van der Waals surface area (Å²) in [6, 6.07) is 0. The Morgan fingerprint density at radius 1 is 1.15 bits per heavy atom. The predicted octanol–water partition coefficient (Wildman–Crippen LogP) is 1.78. The number of nitrogens with two attached hydrogens (primary N) is 1. The van der Waals surface area contributed by atoms with E-state index in [-0.39, 0.29) is 12.5 Å². The highest BCUT2D eigenvalue weighted by molar-refractivity contribution is 5.83. The first-order valence-electron chi connectivity index (χ1n) is 8.03. The average Bonchev–Trinajstić information content (AvgIpc) is 3.26. The van der Waals surface area contributed by atoms with Crippen molar-refractivity contribution in [3.05, 3.63) is 0 Å². The minimum Gasteiger partial charge on any atom is -0.370 e. The highest BCUT2D eigenvalue weighted by Gasteiger charge is 2.21. The van der Waals surface area contributed by atoms with E-state index in [9.17, 15) is 4.79 Å². The number of amides is 1. The number of hydrogen-bond acceptors (Lipinski definition) is 2. The van der Waals surface area contributed by atoms with Gasteiger partial charge in [-0.2, -0.15) is 0 Å². The predicted molar refractivity (Wildman–Crippen MR) is 83.6 cm³/mol. The first-order chi connectivity index (χ1) is 9.72. The van der Waals surface area contributed by atoms with Crippen molar-refractivity contribution in [2.75, 3.05) is 19.6 Å². The molecule has 1 amide bonds. The summed E-state index contributed by atoms with van der Waals surface area (Å²) >= 11 is 0. The summed E-state index contributed by atoms with van der Waals surface area (Å²) in [5.41, 5.74) is 5.71. The second-order valence-corrected chi connectivity index (χ2v) is 5.64. The molecule has 20 heavy (non-hydrogen) atoms. The van der Waals surface area contributed by atoms with Gasteiger partial charge in [-0.05, 0) is 25.2 Å². The Balaban J connectivity index is 1.93. The number of carbonyl (C=O) groups is 1. The van der Waals surface area contributed by atoms with Crippen LogP contribution in [0.5, 0.6) is 0 Å². The van der Waals surface area contributed by atoms with Crippen molar-refractivity contribution in [3.8, 4) is 0 Å². The highest BCUT2D eigenvalue weighted by atomic mass is 16.1. The lowest BCUT2D eigenvalue weighted by molar-refractivity contribution is -0.119. The number of nitrogens with zero attached hydrogens (tertiary/aromatic N) is 1. The molecule has 0 aliphatic heterocycles. The van der Waals surface area contributed by atoms with Crippen LogP contribution in [0.1, 0.15) is 58.3 Å². The Kier molecular flexibility index (Phi) is 8.83. The molecule has 4 N–H and O–H groups in total. The van der Waals surface area contributed by atoms with Crippen molar-refractivity contribution in [1.82, 2.24) is 10.6 Å². The van der Waals surface area contributed by atoms with Gasteiger partial charge in [-0.3, -0.25) is 4.79 Å². The van der Waals surface area contributed by atoms with Crippen LogP contribution in [0.15, 0.2) is 4.99 Å². The second-order valence-electron chi connectivity index (χ2n) is 5.64. The quantitative estimate of drug-likeness (QED) is 0.307. The van der Waals surface area contributed by atoms with Gasteiger partial charge in [0, 0.05) is 13.1 Å². The minimum absolute atomic E-state index is 0.0405. The molecule has 0 unspecified atom stereocenters. The molecule has 0 bridgehead atoms. The number of aliphatic imine (C=N–C) groups is 1. The number of hydrogen-bond donors (Lipinski definition) is 3. The van der Waals surface area contributed by atoms with E-state index in [4.69, 9.17) is 5.73 Å². The van der Waals surface area contributed by atoms with Gasteiger partial charge in [0.1, 0.15) is 6.54 Å². The lowest BCUT2D eigenvalue weighted by Crippen LogP contribution is -2.34. The molecule has 1 saturated carbocycles. The summed E-state index contributed by atoms with van der Waals surface area (Å²) in [4.78, 5) is 15.5. The van der Waals surface area contributed by atoms with Crippen molar-refractivity contribution in [1.29, 1.82) is 0 Å². The summed E-state index contributed by atoms with van der Waals surface area (Å²) in [5.74, 6) is 1.03. The van der Waals surface area contributed by atoms with Gasteiger partial charge in [-0.15, -0.1) is 0 Å². The van der Waals surface area contributed by atoms with E-state index in [1.54, 1.807) is 0 Å². The smallest absolute Gasteiger partial charge is 0.241 e. The fourth-order valence-corrected chi connectivity index (χ4v) is 1.97. The van der Waals surface area contributed by atoms with E-state index in [0.717, 1.165) is 19.5 Å². The van der Waals surface area contributed by atoms with Crippen LogP contribution in [-0.2, 0) is 4.79 Å². The highest BCUT2D eigenvalue weighted by Crippen LogP contribution is 2.27. The molecule has 5 nitrogen and oxygen atoms in total. The molecule has 0 heterocycles. The Bertz CT molecular complexity index is 300. The molecule has 0 radical (unpaired) electrons. The van der Waals surface area contributed by atoms with Crippen LogP contribution in [0.2, 0.25) is 0 Å². The standard InChI is InChI=1S/C15H30N4O/c1-2-3-4-5-6-7-10-17-15(16)19-12-14(20)18-11-13-8-9-13/h13H,2-12H2,1H3,(H,18,20)(H3,16,17,19). The van der Waals surface area contributed by atoms with Gasteiger partial charge in [0.15, 0.2) is 5.96 Å². The van der Waals surface area contributed by atoms with Crippen molar-refractivity contribution in [3.63, 3.8) is 0 Å². The molecule has 0 aromatic carbocycles. The van der Waals surface area contributed by atoms with Crippen LogP contribution in [0, 0.1) is 5.92 Å². The Morgan fingerprint density at radius 3 is 2.55 bits per heavy atom. The lowest BCUT2D eigenvalue weighted by Gasteiger charge is -2.06. The lowest BCUT2D eigenvalue weighted by atomic mass is 10.1. The maximum absolute atomic E-state index is 11.5. The van der Waals surface area contributed by atoms with Crippen LogP contribution in [0.4, 0.5) is 0 Å². The third kappa shape index (κ3) is 9.64. The summed E-state index contributed by atoms with van der Waals surface area (Å²) in [6.45, 7) is 3.98. The fourth-order valence-electron chi connectivity index (χ4n) is 1.97. The molecule has 1 aliphatic rings. The normalized spacial score (nSPS) is 15.2. The molecular formula is C15H30N4O. The Morgan fingerprint density at radius 2 is 1.85 bits per heavy atom. The van der Waals surface area contributed by atoms with Gasteiger partial charge in [-0.25, -0.2) is 4.99 Å². The number of unbranched alkanes of at least 4 members (excludes halogenated alkanes) is 5. The zero-order valence-electron chi connectivity index (χ0n) is 12.8. The topological polar surface area (TPSA) is 79.5 Å². The van der Waals surface area contributed by atoms with E-state index < -0.39 is 0 Å². The first-order valence-corrected chi connectivity index (χ1v) is 8.03. The SMILES string of the molecule is CCCCCCCCNC(N)=NCC(=O)NCC1CC1. The van der Waals surface area contributed by atoms with Gasteiger partial charge in [0.2, 0.25) is 5.91 Å². The van der Waals surface area contributed by atoms with Crippen LogP contribution in [-0.4, -0.2) is 31.5 Å². The van der Waals surface area contributed by atoms with E-state index in [1.807, 2.05) is 0 Å². The third-order valence-corrected chi connectivity index (χ3v) is 3.51. The molecule has 0 saturated heterocycles. The van der Waals surface area contributed by atoms with Crippen molar-refractivity contribution >= 4 is 11.9 Å². The summed E-state index contributed by atoms with van der Waals surface area (Å²) in [5, 5.41) is 5.92. The van der Waals surface area contributed by atoms with E-state index in [2.05, 4.69) is 22.5 Å². The largest absolute Gasteiger partial charge is 0.370 e. The molecule has 1 fully saturated rings. The van der Waals surface area contributed by atoms with Crippen LogP contribution < -0.4 is 16.4 Å². The third-order valence-electron chi connectivity index (χ3n) is 3.51. The van der Waals surface area contributed by atoms with Gasteiger partial charge >= 0.3 is 0 Å². The summed E-state index contributed by atoms with van der Waals surface area (Å²) < 4.78 is 0. The minimum atomic E-state index is -0.0405. The van der Waals surface area contributed by atoms with Crippen LogP contribution in [0.25, 0.3) is 0 Å². The fraction of sp³-hybridized carbons (Fsp3) is 0.867. The summed E-state index contributed by atoms with van der Waals surface area (Å²) in [7, 11) is 0. The molecule has 116 valence electrons. The molecule has 0 atom stereocenters. The monoisotopic (exact) mass is 282 g/mol. The average molecular weight is 282 g/mol. The Hall–Kier alpha value is -1.26. The number of nitrogens with one attached hydrogen (secondary N) is 2. The van der Waals surface area contributed by atoms with E-state index in [0.29, 0.717) is 11.9 Å². The number of carbonyl (C=O) groups excluding carboxylic acids is 1. The zero-order valence-corrected chi connectivity index (χ0v) is 12.8. The van der Waals surface area contributed by atoms with Gasteiger partial charge < -0.3 is 16.4 Å². The number of guanidine groups is 1. The first kappa shape index (κ1) is 16.8. The van der Waals surface area contributed by atoms with E-state index >= 15 is 0 Å². The number of rotatable bonds is 11. The maximum Gasteiger partial charge on any atom is 0.241 e.